The predicted molar refractivity (Wildman–Crippen MR) is 190 cm³/mol. The second-order valence-electron chi connectivity index (χ2n) is 10.5. The van der Waals surface area contributed by atoms with E-state index in [0.29, 0.717) is 43.8 Å². The van der Waals surface area contributed by atoms with Gasteiger partial charge in [-0.15, -0.1) is 10.2 Å². The van der Waals surface area contributed by atoms with Gasteiger partial charge in [0, 0.05) is 15.8 Å². The van der Waals surface area contributed by atoms with Crippen molar-refractivity contribution in [3.63, 3.8) is 0 Å². The van der Waals surface area contributed by atoms with Crippen molar-refractivity contribution in [3.05, 3.63) is 147 Å². The summed E-state index contributed by atoms with van der Waals surface area (Å²) < 4.78 is 12.3. The number of anilines is 1. The molecular weight excluding hydrogens is 689 g/mol. The molecule has 0 aliphatic carbocycles. The molecule has 242 valence electrons. The summed E-state index contributed by atoms with van der Waals surface area (Å²) in [5.74, 6) is -0.612. The number of ketones is 1. The number of amides is 1. The molecule has 0 saturated heterocycles. The molecular formula is C36H27Cl2N3O5S2. The third-order valence-electron chi connectivity index (χ3n) is 7.41. The molecule has 0 bridgehead atoms. The molecule has 1 N–H and O–H groups in total. The first kappa shape index (κ1) is 33.3. The van der Waals surface area contributed by atoms with Gasteiger partial charge in [-0.3, -0.25) is 14.5 Å². The lowest BCUT2D eigenvalue weighted by molar-refractivity contribution is -0.117. The number of methoxy groups -OCH3 is 1. The lowest BCUT2D eigenvalue weighted by Crippen LogP contribution is -2.30. The van der Waals surface area contributed by atoms with Crippen LogP contribution in [0.4, 0.5) is 5.13 Å². The van der Waals surface area contributed by atoms with Crippen molar-refractivity contribution >= 4 is 69.2 Å². The van der Waals surface area contributed by atoms with Crippen molar-refractivity contribution in [2.45, 2.75) is 22.7 Å². The first-order valence-electron chi connectivity index (χ1n) is 14.6. The molecule has 0 fully saturated rings. The number of hydrogen-bond donors (Lipinski definition) is 1. The van der Waals surface area contributed by atoms with Gasteiger partial charge in [-0.2, -0.15) is 0 Å². The third-order valence-corrected chi connectivity index (χ3v) is 10.1. The Kier molecular flexibility index (Phi) is 10.5. The molecule has 1 aromatic heterocycles. The van der Waals surface area contributed by atoms with E-state index in [4.69, 9.17) is 32.7 Å². The van der Waals surface area contributed by atoms with Crippen molar-refractivity contribution in [1.29, 1.82) is 0 Å². The van der Waals surface area contributed by atoms with Gasteiger partial charge in [0.2, 0.25) is 5.13 Å². The van der Waals surface area contributed by atoms with Crippen molar-refractivity contribution in [2.75, 3.05) is 12.0 Å². The zero-order valence-electron chi connectivity index (χ0n) is 25.4. The van der Waals surface area contributed by atoms with Crippen molar-refractivity contribution in [2.24, 2.45) is 0 Å². The fourth-order valence-electron chi connectivity index (χ4n) is 5.04. The number of aromatic nitrogens is 2. The first-order valence-corrected chi connectivity index (χ1v) is 17.2. The third kappa shape index (κ3) is 7.42. The Bertz CT molecular complexity index is 2020. The molecule has 1 atom stereocenters. The first-order chi connectivity index (χ1) is 23.3. The molecule has 5 aromatic rings. The SMILES string of the molecule is COc1cc(C2C(C(=O)/C=C/c3ccccc3)=C(O)C(=O)N2c2nnc(SCc3ccc(Cl)cc3Cl)s2)ccc1OCc1ccccc1. The number of nitrogens with zero attached hydrogens (tertiary/aromatic N) is 3. The second kappa shape index (κ2) is 15.1. The number of ether oxygens (including phenoxy) is 2. The summed E-state index contributed by atoms with van der Waals surface area (Å²) in [6.07, 6.45) is 2.98. The van der Waals surface area contributed by atoms with Gasteiger partial charge < -0.3 is 14.6 Å². The average Bonchev–Trinajstić information content (AvgIpc) is 3.68. The van der Waals surface area contributed by atoms with E-state index in [-0.39, 0.29) is 10.7 Å². The largest absolute Gasteiger partial charge is 0.503 e. The Labute approximate surface area is 295 Å². The van der Waals surface area contributed by atoms with Crippen LogP contribution in [0, 0.1) is 0 Å². The zero-order chi connectivity index (χ0) is 33.6. The quantitative estimate of drug-likeness (QED) is 0.0776. The highest BCUT2D eigenvalue weighted by Gasteiger charge is 2.45. The molecule has 1 amide bonds. The molecule has 1 unspecified atom stereocenters. The molecule has 6 rings (SSSR count). The maximum Gasteiger partial charge on any atom is 0.296 e. The van der Waals surface area contributed by atoms with E-state index in [0.717, 1.165) is 28.0 Å². The Balaban J connectivity index is 1.33. The minimum Gasteiger partial charge on any atom is -0.503 e. The van der Waals surface area contributed by atoms with Gasteiger partial charge in [0.1, 0.15) is 6.61 Å². The fraction of sp³-hybridized carbons (Fsp3) is 0.111. The topological polar surface area (TPSA) is 102 Å². The Morgan fingerprint density at radius 3 is 2.46 bits per heavy atom. The van der Waals surface area contributed by atoms with E-state index >= 15 is 0 Å². The van der Waals surface area contributed by atoms with Crippen molar-refractivity contribution < 1.29 is 24.2 Å². The van der Waals surface area contributed by atoms with Crippen LogP contribution in [-0.2, 0) is 21.9 Å². The molecule has 0 radical (unpaired) electrons. The maximum atomic E-state index is 13.7. The number of halogens is 2. The Morgan fingerprint density at radius 2 is 1.73 bits per heavy atom. The number of benzene rings is 4. The minimum absolute atomic E-state index is 0.0930. The van der Waals surface area contributed by atoms with Crippen LogP contribution in [0.1, 0.15) is 28.3 Å². The molecule has 48 heavy (non-hydrogen) atoms. The fourth-order valence-corrected chi connectivity index (χ4v) is 7.47. The summed E-state index contributed by atoms with van der Waals surface area (Å²) in [6, 6.07) is 28.3. The van der Waals surface area contributed by atoms with E-state index in [1.165, 1.54) is 29.8 Å². The van der Waals surface area contributed by atoms with Crippen LogP contribution in [-0.4, -0.2) is 34.1 Å². The number of aliphatic hydroxyl groups is 1. The number of thioether (sulfide) groups is 1. The predicted octanol–water partition coefficient (Wildman–Crippen LogP) is 8.91. The van der Waals surface area contributed by atoms with Crippen LogP contribution < -0.4 is 14.4 Å². The van der Waals surface area contributed by atoms with E-state index in [1.54, 1.807) is 36.4 Å². The van der Waals surface area contributed by atoms with Crippen LogP contribution in [0.25, 0.3) is 6.08 Å². The van der Waals surface area contributed by atoms with E-state index in [2.05, 4.69) is 10.2 Å². The molecule has 12 heteroatoms. The van der Waals surface area contributed by atoms with Crippen LogP contribution in [0.3, 0.4) is 0 Å². The molecule has 0 saturated carbocycles. The number of hydrogen-bond acceptors (Lipinski definition) is 9. The monoisotopic (exact) mass is 715 g/mol. The number of carbonyl (C=O) groups excluding carboxylic acids is 2. The molecule has 4 aromatic carbocycles. The van der Waals surface area contributed by atoms with Gasteiger partial charge >= 0.3 is 0 Å². The van der Waals surface area contributed by atoms with Crippen molar-refractivity contribution in [3.8, 4) is 11.5 Å². The molecule has 1 aliphatic heterocycles. The van der Waals surface area contributed by atoms with Gasteiger partial charge in [-0.1, -0.05) is 125 Å². The van der Waals surface area contributed by atoms with E-state index in [9.17, 15) is 14.7 Å². The van der Waals surface area contributed by atoms with E-state index < -0.39 is 23.5 Å². The average molecular weight is 717 g/mol. The zero-order valence-corrected chi connectivity index (χ0v) is 28.5. The highest BCUT2D eigenvalue weighted by molar-refractivity contribution is 8.00. The number of carbonyl (C=O) groups is 2. The molecule has 1 aliphatic rings. The van der Waals surface area contributed by atoms with Gasteiger partial charge in [0.05, 0.1) is 18.7 Å². The number of allylic oxidation sites excluding steroid dienone is 1. The summed E-state index contributed by atoms with van der Waals surface area (Å²) in [5.41, 5.74) is 3.04. The highest BCUT2D eigenvalue weighted by atomic mass is 35.5. The van der Waals surface area contributed by atoms with Crippen molar-refractivity contribution in [1.82, 2.24) is 10.2 Å². The summed E-state index contributed by atoms with van der Waals surface area (Å²) >= 11 is 14.9. The minimum atomic E-state index is -1.03. The van der Waals surface area contributed by atoms with Crippen LogP contribution in [0.15, 0.2) is 119 Å². The lowest BCUT2D eigenvalue weighted by Gasteiger charge is -2.24. The summed E-state index contributed by atoms with van der Waals surface area (Å²) in [5, 5.41) is 21.0. The molecule has 8 nitrogen and oxygen atoms in total. The normalized spacial score (nSPS) is 14.6. The van der Waals surface area contributed by atoms with Gasteiger partial charge in [0.15, 0.2) is 27.4 Å². The number of aliphatic hydroxyl groups excluding tert-OH is 1. The number of rotatable bonds is 12. The van der Waals surface area contributed by atoms with Crippen LogP contribution in [0.2, 0.25) is 10.0 Å². The van der Waals surface area contributed by atoms with Gasteiger partial charge in [0.25, 0.3) is 5.91 Å². The van der Waals surface area contributed by atoms with Crippen LogP contribution in [0.5, 0.6) is 11.5 Å². The van der Waals surface area contributed by atoms with E-state index in [1.807, 2.05) is 66.7 Å². The second-order valence-corrected chi connectivity index (χ2v) is 13.5. The molecule has 0 spiro atoms. The summed E-state index contributed by atoms with van der Waals surface area (Å²) in [4.78, 5) is 28.7. The summed E-state index contributed by atoms with van der Waals surface area (Å²) in [7, 11) is 1.51. The summed E-state index contributed by atoms with van der Waals surface area (Å²) in [6.45, 7) is 0.311. The maximum absolute atomic E-state index is 13.7. The molecule has 2 heterocycles. The lowest BCUT2D eigenvalue weighted by atomic mass is 9.95. The van der Waals surface area contributed by atoms with Gasteiger partial charge in [-0.05, 0) is 52.6 Å². The Morgan fingerprint density at radius 1 is 0.979 bits per heavy atom. The van der Waals surface area contributed by atoms with Crippen LogP contribution >= 0.6 is 46.3 Å². The standard InChI is InChI=1S/C36H27Cl2N3O5S2/c1-45-30-18-24(14-17-29(30)46-20-23-10-6-3-7-11-23)32-31(28(42)16-12-22-8-4-2-5-9-22)33(43)34(44)41(32)35-39-40-36(48-35)47-21-25-13-15-26(37)19-27(25)38/h2-19,32,43H,20-21H2,1H3/b16-12+. The highest BCUT2D eigenvalue weighted by Crippen LogP contribution is 2.45. The smallest absolute Gasteiger partial charge is 0.296 e. The Hall–Kier alpha value is -4.61. The van der Waals surface area contributed by atoms with Gasteiger partial charge in [-0.25, -0.2) is 0 Å².